The van der Waals surface area contributed by atoms with Gasteiger partial charge in [-0.3, -0.25) is 14.4 Å². The van der Waals surface area contributed by atoms with Gasteiger partial charge in [-0.1, -0.05) is 31.2 Å². The van der Waals surface area contributed by atoms with Crippen LogP contribution in [0, 0.1) is 6.92 Å². The molecule has 0 fully saturated rings. The van der Waals surface area contributed by atoms with Crippen molar-refractivity contribution in [2.24, 2.45) is 7.05 Å². The Bertz CT molecular complexity index is 2090. The molecule has 11 heteroatoms. The van der Waals surface area contributed by atoms with Crippen molar-refractivity contribution >= 4 is 26.6 Å². The van der Waals surface area contributed by atoms with E-state index in [0.717, 1.165) is 11.1 Å². The maximum absolute atomic E-state index is 13.1. The van der Waals surface area contributed by atoms with Crippen LogP contribution < -0.4 is 21.2 Å². The Morgan fingerprint density at radius 1 is 1.00 bits per heavy atom. The first-order valence-corrected chi connectivity index (χ1v) is 15.5. The molecule has 0 aliphatic carbocycles. The largest absolute Gasteiger partial charge is 0.456 e. The van der Waals surface area contributed by atoms with Gasteiger partial charge in [0, 0.05) is 54.1 Å². The van der Waals surface area contributed by atoms with E-state index in [1.54, 1.807) is 62.1 Å². The van der Waals surface area contributed by atoms with Crippen molar-refractivity contribution in [1.82, 2.24) is 19.4 Å². The van der Waals surface area contributed by atoms with Gasteiger partial charge in [-0.25, -0.2) is 8.42 Å². The normalized spacial score (nSPS) is 11.5. The summed E-state index contributed by atoms with van der Waals surface area (Å²) in [5.41, 5.74) is 2.38. The molecule has 222 valence electrons. The van der Waals surface area contributed by atoms with Crippen LogP contribution in [0.3, 0.4) is 0 Å². The summed E-state index contributed by atoms with van der Waals surface area (Å²) in [5, 5.41) is 3.17. The van der Waals surface area contributed by atoms with Crippen LogP contribution >= 0.6 is 0 Å². The number of aromatic nitrogens is 3. The number of benzene rings is 2. The number of sulfone groups is 1. The monoisotopic (exact) mass is 600 g/mol. The van der Waals surface area contributed by atoms with Gasteiger partial charge < -0.3 is 24.2 Å². The number of aromatic amines is 1. The average Bonchev–Trinajstić information content (AvgIpc) is 3.44. The fourth-order valence-corrected chi connectivity index (χ4v) is 5.87. The summed E-state index contributed by atoms with van der Waals surface area (Å²) < 4.78 is 35.4. The highest BCUT2D eigenvalue weighted by molar-refractivity contribution is 7.91. The summed E-state index contributed by atoms with van der Waals surface area (Å²) in [6.45, 7) is 5.91. The molecule has 43 heavy (non-hydrogen) atoms. The molecular weight excluding hydrogens is 568 g/mol. The van der Waals surface area contributed by atoms with Crippen LogP contribution in [0.5, 0.6) is 11.5 Å². The highest BCUT2D eigenvalue weighted by Gasteiger charge is 2.22. The van der Waals surface area contributed by atoms with Crippen LogP contribution in [0.1, 0.15) is 35.5 Å². The summed E-state index contributed by atoms with van der Waals surface area (Å²) in [4.78, 5) is 41.2. The number of ether oxygens (including phenoxy) is 1. The summed E-state index contributed by atoms with van der Waals surface area (Å²) in [5.74, 6) is 0.385. The smallest absolute Gasteiger partial charge is 0.274 e. The minimum atomic E-state index is -3.60. The number of carbonyl (C=O) groups is 1. The van der Waals surface area contributed by atoms with Gasteiger partial charge in [-0.15, -0.1) is 0 Å². The van der Waals surface area contributed by atoms with Gasteiger partial charge in [0.15, 0.2) is 9.84 Å². The summed E-state index contributed by atoms with van der Waals surface area (Å²) in [6, 6.07) is 16.8. The van der Waals surface area contributed by atoms with Gasteiger partial charge in [0.1, 0.15) is 22.7 Å². The zero-order chi connectivity index (χ0) is 30.9. The Balaban J connectivity index is 1.73. The predicted molar refractivity (Wildman–Crippen MR) is 166 cm³/mol. The number of aryl methyl sites for hydroxylation is 2. The Morgan fingerprint density at radius 3 is 2.51 bits per heavy atom. The van der Waals surface area contributed by atoms with Crippen molar-refractivity contribution in [2.45, 2.75) is 32.2 Å². The van der Waals surface area contributed by atoms with E-state index >= 15 is 0 Å². The molecule has 5 rings (SSSR count). The fraction of sp³-hybridized carbons (Fsp3) is 0.219. The van der Waals surface area contributed by atoms with Crippen molar-refractivity contribution in [3.05, 3.63) is 111 Å². The molecule has 3 heterocycles. The predicted octanol–water partition coefficient (Wildman–Crippen LogP) is 4.39. The molecule has 2 N–H and O–H groups in total. The molecule has 0 saturated heterocycles. The number of nitrogens with one attached hydrogen (secondary N) is 2. The lowest BCUT2D eigenvalue weighted by Crippen LogP contribution is -2.23. The number of carbonyl (C=O) groups excluding carboxylic acids is 1. The third kappa shape index (κ3) is 5.76. The number of rotatable bonds is 9. The molecule has 10 nitrogen and oxygen atoms in total. The van der Waals surface area contributed by atoms with E-state index in [1.807, 2.05) is 25.1 Å². The maximum Gasteiger partial charge on any atom is 0.274 e. The van der Waals surface area contributed by atoms with Gasteiger partial charge in [-0.2, -0.15) is 0 Å². The number of hydrogen-bond acceptors (Lipinski definition) is 6. The molecule has 0 atom stereocenters. The number of nitrogens with zero attached hydrogens (tertiary/aromatic N) is 2. The first-order chi connectivity index (χ1) is 20.5. The zero-order valence-electron chi connectivity index (χ0n) is 24.3. The van der Waals surface area contributed by atoms with Gasteiger partial charge in [-0.05, 0) is 49.7 Å². The van der Waals surface area contributed by atoms with E-state index in [2.05, 4.69) is 10.3 Å². The molecular formula is C32H32N4O6S. The van der Waals surface area contributed by atoms with Crippen molar-refractivity contribution < 1.29 is 17.9 Å². The Kier molecular flexibility index (Phi) is 8.10. The molecule has 0 aliphatic rings. The number of para-hydroxylation sites is 1. The lowest BCUT2D eigenvalue weighted by molar-refractivity contribution is 0.0951. The van der Waals surface area contributed by atoms with Gasteiger partial charge in [0.25, 0.3) is 17.0 Å². The molecule has 0 bridgehead atoms. The van der Waals surface area contributed by atoms with E-state index in [4.69, 9.17) is 4.74 Å². The quantitative estimate of drug-likeness (QED) is 0.258. The number of hydrogen-bond donors (Lipinski definition) is 2. The zero-order valence-corrected chi connectivity index (χ0v) is 25.1. The minimum Gasteiger partial charge on any atom is -0.456 e. The fourth-order valence-electron chi connectivity index (χ4n) is 4.96. The summed E-state index contributed by atoms with van der Waals surface area (Å²) >= 11 is 0. The van der Waals surface area contributed by atoms with Gasteiger partial charge in [0.2, 0.25) is 0 Å². The minimum absolute atomic E-state index is 0.0969. The molecule has 2 aromatic carbocycles. The lowest BCUT2D eigenvalue weighted by Gasteiger charge is -2.19. The molecule has 0 radical (unpaired) electrons. The van der Waals surface area contributed by atoms with Crippen LogP contribution in [-0.4, -0.2) is 40.7 Å². The van der Waals surface area contributed by atoms with Crippen molar-refractivity contribution in [3.8, 4) is 22.6 Å². The highest BCUT2D eigenvalue weighted by Crippen LogP contribution is 2.40. The van der Waals surface area contributed by atoms with E-state index in [0.29, 0.717) is 34.6 Å². The standard InChI is InChI=1S/C32H32N4O6S/c1-5-33-31(38)26-17-24-25(19-35(4)32(39)29(24)34-26)23-16-22(43(40,41)6-2)13-14-27(23)42-30-20(3)10-9-11-21(30)18-36-15-8-7-12-28(36)37/h7-17,19,34H,5-6,18H2,1-4H3,(H,33,38). The first kappa shape index (κ1) is 29.6. The summed E-state index contributed by atoms with van der Waals surface area (Å²) in [6.07, 6.45) is 3.30. The Labute approximate surface area is 248 Å². The molecule has 0 unspecified atom stereocenters. The number of pyridine rings is 2. The Hall–Kier alpha value is -4.90. The van der Waals surface area contributed by atoms with Gasteiger partial charge in [0.05, 0.1) is 17.2 Å². The third-order valence-electron chi connectivity index (χ3n) is 7.27. The first-order valence-electron chi connectivity index (χ1n) is 13.8. The highest BCUT2D eigenvalue weighted by atomic mass is 32.2. The second-order valence-corrected chi connectivity index (χ2v) is 12.5. The molecule has 0 aliphatic heterocycles. The van der Waals surface area contributed by atoms with Crippen LogP contribution in [0.15, 0.2) is 87.5 Å². The molecule has 3 aromatic heterocycles. The van der Waals surface area contributed by atoms with E-state index in [9.17, 15) is 22.8 Å². The van der Waals surface area contributed by atoms with E-state index in [1.165, 1.54) is 22.8 Å². The van der Waals surface area contributed by atoms with Crippen LogP contribution in [0.4, 0.5) is 0 Å². The van der Waals surface area contributed by atoms with Crippen molar-refractivity contribution in [3.63, 3.8) is 0 Å². The number of H-pyrrole nitrogens is 1. The maximum atomic E-state index is 13.1. The topological polar surface area (TPSA) is 132 Å². The molecule has 0 saturated carbocycles. The lowest BCUT2D eigenvalue weighted by atomic mass is 10.0. The van der Waals surface area contributed by atoms with Crippen molar-refractivity contribution in [1.29, 1.82) is 0 Å². The van der Waals surface area contributed by atoms with Crippen LogP contribution in [0.25, 0.3) is 22.0 Å². The number of fused-ring (bicyclic) bond motifs is 1. The van der Waals surface area contributed by atoms with Crippen LogP contribution in [-0.2, 0) is 23.4 Å². The SMILES string of the molecule is CCNC(=O)c1cc2c(-c3cc(S(=O)(=O)CC)ccc3Oc3c(C)cccc3Cn3ccccc3=O)cn(C)c(=O)c2[nH]1. The van der Waals surface area contributed by atoms with E-state index < -0.39 is 9.84 Å². The molecule has 5 aromatic rings. The average molecular weight is 601 g/mol. The van der Waals surface area contributed by atoms with Crippen molar-refractivity contribution in [2.75, 3.05) is 12.3 Å². The second-order valence-electron chi connectivity index (χ2n) is 10.2. The summed E-state index contributed by atoms with van der Waals surface area (Å²) in [7, 11) is -2.02. The Morgan fingerprint density at radius 2 is 1.79 bits per heavy atom. The molecule has 0 spiro atoms. The van der Waals surface area contributed by atoms with Gasteiger partial charge >= 0.3 is 0 Å². The third-order valence-corrected chi connectivity index (χ3v) is 9.00. The molecule has 1 amide bonds. The van der Waals surface area contributed by atoms with E-state index in [-0.39, 0.29) is 45.4 Å². The number of amides is 1. The van der Waals surface area contributed by atoms with Crippen LogP contribution in [0.2, 0.25) is 0 Å². The second kappa shape index (κ2) is 11.8.